The summed E-state index contributed by atoms with van der Waals surface area (Å²) in [6.45, 7) is 4.57. The number of thiazole rings is 1. The third-order valence-electron chi connectivity index (χ3n) is 2.39. The van der Waals surface area contributed by atoms with Crippen LogP contribution in [0, 0.1) is 0 Å². The number of aromatic nitrogens is 1. The van der Waals surface area contributed by atoms with Crippen LogP contribution in [0.4, 0.5) is 5.00 Å². The highest BCUT2D eigenvalue weighted by Gasteiger charge is 2.27. The highest BCUT2D eigenvalue weighted by Crippen LogP contribution is 2.21. The van der Waals surface area contributed by atoms with E-state index in [1.54, 1.807) is 16.6 Å². The van der Waals surface area contributed by atoms with Gasteiger partial charge in [-0.3, -0.25) is 19.5 Å². The van der Waals surface area contributed by atoms with Gasteiger partial charge < -0.3 is 4.90 Å². The molecule has 2 amide bonds. The van der Waals surface area contributed by atoms with Crippen molar-refractivity contribution in [3.8, 4) is 0 Å². The first kappa shape index (κ1) is 10.8. The summed E-state index contributed by atoms with van der Waals surface area (Å²) in [4.78, 5) is 30.2. The lowest BCUT2D eigenvalue weighted by atomic mass is 10.3. The maximum absolute atomic E-state index is 11.8. The molecule has 84 valence electrons. The Morgan fingerprint density at radius 3 is 2.94 bits per heavy atom. The molecule has 0 atom stereocenters. The van der Waals surface area contributed by atoms with Gasteiger partial charge in [-0.25, -0.2) is 0 Å². The Hall–Kier alpha value is -1.69. The molecule has 0 unspecified atom stereocenters. The van der Waals surface area contributed by atoms with Gasteiger partial charge in [0.05, 0.1) is 11.7 Å². The quantitative estimate of drug-likeness (QED) is 0.704. The molecule has 6 heteroatoms. The fourth-order valence-electron chi connectivity index (χ4n) is 1.57. The zero-order valence-electron chi connectivity index (χ0n) is 8.63. The van der Waals surface area contributed by atoms with Gasteiger partial charge in [0.25, 0.3) is 0 Å². The summed E-state index contributed by atoms with van der Waals surface area (Å²) in [5.41, 5.74) is 1.68. The van der Waals surface area contributed by atoms with E-state index in [9.17, 15) is 9.59 Å². The van der Waals surface area contributed by atoms with E-state index in [2.05, 4.69) is 11.6 Å². The first-order valence-electron chi connectivity index (χ1n) is 4.82. The smallest absolute Gasteiger partial charge is 0.247 e. The monoisotopic (exact) mass is 237 g/mol. The van der Waals surface area contributed by atoms with Crippen LogP contribution in [0.3, 0.4) is 0 Å². The van der Waals surface area contributed by atoms with Gasteiger partial charge >= 0.3 is 0 Å². The summed E-state index contributed by atoms with van der Waals surface area (Å²) in [6.07, 6.45) is 2.89. The molecule has 1 aliphatic heterocycles. The first-order valence-corrected chi connectivity index (χ1v) is 5.70. The van der Waals surface area contributed by atoms with E-state index in [0.717, 1.165) is 5.00 Å². The largest absolute Gasteiger partial charge is 0.328 e. The molecule has 5 nitrogen and oxygen atoms in total. The van der Waals surface area contributed by atoms with Crippen molar-refractivity contribution in [2.24, 2.45) is 0 Å². The number of amides is 2. The van der Waals surface area contributed by atoms with E-state index in [1.807, 2.05) is 0 Å². The SMILES string of the molecule is C=CC(=O)N1CCN(c2cncs2)C(=O)C1. The molecule has 0 saturated carbocycles. The molecule has 2 rings (SSSR count). The van der Waals surface area contributed by atoms with Crippen molar-refractivity contribution in [2.75, 3.05) is 24.5 Å². The lowest BCUT2D eigenvalue weighted by Gasteiger charge is -2.32. The second kappa shape index (κ2) is 4.44. The van der Waals surface area contributed by atoms with E-state index in [0.29, 0.717) is 13.1 Å². The van der Waals surface area contributed by atoms with Crippen molar-refractivity contribution in [1.29, 1.82) is 0 Å². The highest BCUT2D eigenvalue weighted by molar-refractivity contribution is 7.14. The van der Waals surface area contributed by atoms with Gasteiger partial charge in [0.15, 0.2) is 0 Å². The first-order chi connectivity index (χ1) is 7.72. The number of anilines is 1. The Morgan fingerprint density at radius 2 is 2.38 bits per heavy atom. The van der Waals surface area contributed by atoms with E-state index in [-0.39, 0.29) is 18.4 Å². The molecule has 16 heavy (non-hydrogen) atoms. The lowest BCUT2D eigenvalue weighted by Crippen LogP contribution is -2.51. The summed E-state index contributed by atoms with van der Waals surface area (Å²) in [7, 11) is 0. The second-order valence-corrected chi connectivity index (χ2v) is 4.21. The summed E-state index contributed by atoms with van der Waals surface area (Å²) >= 11 is 1.42. The fraction of sp³-hybridized carbons (Fsp3) is 0.300. The van der Waals surface area contributed by atoms with Crippen LogP contribution in [0.5, 0.6) is 0 Å². The van der Waals surface area contributed by atoms with Crippen molar-refractivity contribution >= 4 is 28.2 Å². The number of hydrogen-bond donors (Lipinski definition) is 0. The lowest BCUT2D eigenvalue weighted by molar-refractivity contribution is -0.133. The zero-order chi connectivity index (χ0) is 11.5. The van der Waals surface area contributed by atoms with Crippen molar-refractivity contribution in [2.45, 2.75) is 0 Å². The van der Waals surface area contributed by atoms with Gasteiger partial charge in [0.1, 0.15) is 11.5 Å². The molecule has 0 N–H and O–H groups in total. The number of carbonyl (C=O) groups excluding carboxylic acids is 2. The Kier molecular flexibility index (Phi) is 3.00. The van der Waals surface area contributed by atoms with E-state index in [1.165, 1.54) is 22.3 Å². The number of rotatable bonds is 2. The minimum atomic E-state index is -0.197. The molecule has 0 bridgehead atoms. The summed E-state index contributed by atoms with van der Waals surface area (Å²) in [5, 5.41) is 0.829. The van der Waals surface area contributed by atoms with Gasteiger partial charge in [-0.2, -0.15) is 0 Å². The van der Waals surface area contributed by atoms with Crippen molar-refractivity contribution in [3.05, 3.63) is 24.4 Å². The molecule has 0 radical (unpaired) electrons. The average molecular weight is 237 g/mol. The van der Waals surface area contributed by atoms with E-state index >= 15 is 0 Å². The Bertz CT molecular complexity index is 416. The van der Waals surface area contributed by atoms with Crippen LogP contribution in [0.25, 0.3) is 0 Å². The Labute approximate surface area is 97.0 Å². The van der Waals surface area contributed by atoms with E-state index < -0.39 is 0 Å². The third-order valence-corrected chi connectivity index (χ3v) is 3.19. The van der Waals surface area contributed by atoms with Crippen LogP contribution in [-0.4, -0.2) is 41.3 Å². The number of nitrogens with zero attached hydrogens (tertiary/aromatic N) is 3. The summed E-state index contributed by atoms with van der Waals surface area (Å²) in [6, 6.07) is 0. The molecule has 0 spiro atoms. The van der Waals surface area contributed by atoms with Gasteiger partial charge in [0, 0.05) is 13.1 Å². The molecule has 1 aromatic rings. The Balaban J connectivity index is 2.06. The van der Waals surface area contributed by atoms with Gasteiger partial charge in [-0.1, -0.05) is 6.58 Å². The number of piperazine rings is 1. The second-order valence-electron chi connectivity index (χ2n) is 3.35. The maximum atomic E-state index is 11.8. The molecular weight excluding hydrogens is 226 g/mol. The van der Waals surface area contributed by atoms with Crippen LogP contribution in [0.2, 0.25) is 0 Å². The predicted octanol–water partition coefficient (Wildman–Crippen LogP) is 0.504. The molecule has 2 heterocycles. The van der Waals surface area contributed by atoms with Crippen LogP contribution in [0.15, 0.2) is 24.4 Å². The van der Waals surface area contributed by atoms with Crippen LogP contribution in [-0.2, 0) is 9.59 Å². The molecule has 0 aromatic carbocycles. The predicted molar refractivity (Wildman–Crippen MR) is 61.2 cm³/mol. The number of hydrogen-bond acceptors (Lipinski definition) is 4. The highest BCUT2D eigenvalue weighted by atomic mass is 32.1. The molecular formula is C10H11N3O2S. The molecule has 1 aliphatic rings. The maximum Gasteiger partial charge on any atom is 0.247 e. The third kappa shape index (κ3) is 1.96. The molecule has 1 fully saturated rings. The topological polar surface area (TPSA) is 53.5 Å². The summed E-state index contributed by atoms with van der Waals surface area (Å²) < 4.78 is 0. The fourth-order valence-corrected chi connectivity index (χ4v) is 2.24. The molecule has 1 saturated heterocycles. The van der Waals surface area contributed by atoms with Crippen molar-refractivity contribution in [1.82, 2.24) is 9.88 Å². The van der Waals surface area contributed by atoms with Gasteiger partial charge in [-0.05, 0) is 6.08 Å². The minimum absolute atomic E-state index is 0.0781. The molecule has 0 aliphatic carbocycles. The standard InChI is InChI=1S/C10H11N3O2S/c1-2-8(14)12-3-4-13(9(15)6-12)10-5-11-7-16-10/h2,5,7H,1,3-4,6H2. The van der Waals surface area contributed by atoms with Crippen molar-refractivity contribution in [3.63, 3.8) is 0 Å². The van der Waals surface area contributed by atoms with E-state index in [4.69, 9.17) is 0 Å². The van der Waals surface area contributed by atoms with Gasteiger partial charge in [0.2, 0.25) is 11.8 Å². The summed E-state index contributed by atoms with van der Waals surface area (Å²) in [5.74, 6) is -0.275. The van der Waals surface area contributed by atoms with Crippen molar-refractivity contribution < 1.29 is 9.59 Å². The van der Waals surface area contributed by atoms with Gasteiger partial charge in [-0.15, -0.1) is 11.3 Å². The normalized spacial score (nSPS) is 16.4. The number of carbonyl (C=O) groups is 2. The zero-order valence-corrected chi connectivity index (χ0v) is 9.44. The molecule has 1 aromatic heterocycles. The average Bonchev–Trinajstić information content (AvgIpc) is 2.81. The van der Waals surface area contributed by atoms with Crippen LogP contribution in [0.1, 0.15) is 0 Å². The minimum Gasteiger partial charge on any atom is -0.328 e. The Morgan fingerprint density at radius 1 is 1.56 bits per heavy atom. The van der Waals surface area contributed by atoms with Crippen LogP contribution < -0.4 is 4.90 Å². The van der Waals surface area contributed by atoms with Crippen LogP contribution >= 0.6 is 11.3 Å².